The van der Waals surface area contributed by atoms with E-state index in [1.54, 1.807) is 0 Å². The predicted molar refractivity (Wildman–Crippen MR) is 98.8 cm³/mol. The van der Waals surface area contributed by atoms with E-state index in [-0.39, 0.29) is 11.9 Å². The Morgan fingerprint density at radius 3 is 2.54 bits per heavy atom. The lowest BCUT2D eigenvalue weighted by atomic mass is 9.95. The first kappa shape index (κ1) is 16.5. The monoisotopic (exact) mass is 319 g/mol. The number of hydrogen-bond acceptors (Lipinski definition) is 1. The predicted octanol–water partition coefficient (Wildman–Crippen LogP) is 4.87. The average molecular weight is 319 g/mol. The van der Waals surface area contributed by atoms with E-state index in [4.69, 9.17) is 0 Å². The summed E-state index contributed by atoms with van der Waals surface area (Å²) in [6.07, 6.45) is 7.11. The molecule has 1 aliphatic rings. The number of carbonyl (C=O) groups is 1. The first-order valence-electron chi connectivity index (χ1n) is 8.71. The van der Waals surface area contributed by atoms with Crippen molar-refractivity contribution in [1.82, 2.24) is 5.32 Å². The quantitative estimate of drug-likeness (QED) is 0.783. The maximum atomic E-state index is 12.6. The molecule has 2 aromatic carbocycles. The van der Waals surface area contributed by atoms with E-state index in [0.717, 1.165) is 24.0 Å². The van der Waals surface area contributed by atoms with Crippen LogP contribution in [0.5, 0.6) is 0 Å². The number of amides is 1. The molecule has 1 aliphatic carbocycles. The second-order valence-electron chi connectivity index (χ2n) is 6.72. The van der Waals surface area contributed by atoms with Crippen molar-refractivity contribution >= 4 is 5.91 Å². The Morgan fingerprint density at radius 2 is 1.88 bits per heavy atom. The van der Waals surface area contributed by atoms with E-state index in [1.165, 1.54) is 11.1 Å². The molecule has 0 bridgehead atoms. The second kappa shape index (κ2) is 7.48. The summed E-state index contributed by atoms with van der Waals surface area (Å²) in [4.78, 5) is 12.6. The molecule has 0 aliphatic heterocycles. The summed E-state index contributed by atoms with van der Waals surface area (Å²) >= 11 is 0. The molecule has 2 nitrogen and oxygen atoms in total. The van der Waals surface area contributed by atoms with Crippen molar-refractivity contribution in [2.75, 3.05) is 0 Å². The lowest BCUT2D eigenvalue weighted by molar-refractivity contribution is -0.122. The third-order valence-corrected chi connectivity index (χ3v) is 4.86. The molecular formula is C22H25NO. The van der Waals surface area contributed by atoms with Crippen LogP contribution < -0.4 is 5.32 Å². The van der Waals surface area contributed by atoms with Gasteiger partial charge in [0.05, 0.1) is 6.04 Å². The van der Waals surface area contributed by atoms with Gasteiger partial charge in [-0.2, -0.15) is 0 Å². The van der Waals surface area contributed by atoms with E-state index >= 15 is 0 Å². The summed E-state index contributed by atoms with van der Waals surface area (Å²) in [5, 5.41) is 3.25. The van der Waals surface area contributed by atoms with E-state index in [1.807, 2.05) is 18.2 Å². The zero-order valence-corrected chi connectivity index (χ0v) is 14.5. The first-order chi connectivity index (χ1) is 11.6. The van der Waals surface area contributed by atoms with Gasteiger partial charge in [0.2, 0.25) is 5.91 Å². The summed E-state index contributed by atoms with van der Waals surface area (Å²) in [6, 6.07) is 16.6. The molecule has 2 heteroatoms. The molecule has 0 saturated heterocycles. The zero-order valence-electron chi connectivity index (χ0n) is 14.5. The van der Waals surface area contributed by atoms with E-state index in [0.29, 0.717) is 12.3 Å². The minimum atomic E-state index is -0.0941. The first-order valence-corrected chi connectivity index (χ1v) is 8.71. The second-order valence-corrected chi connectivity index (χ2v) is 6.72. The summed E-state index contributed by atoms with van der Waals surface area (Å²) in [5.74, 6) is 0.514. The van der Waals surface area contributed by atoms with Crippen molar-refractivity contribution < 1.29 is 4.79 Å². The maximum absolute atomic E-state index is 12.6. The van der Waals surface area contributed by atoms with E-state index in [9.17, 15) is 4.79 Å². The largest absolute Gasteiger partial charge is 0.345 e. The number of allylic oxidation sites excluding steroid dienone is 2. The highest BCUT2D eigenvalue weighted by atomic mass is 16.1. The molecule has 0 heterocycles. The van der Waals surface area contributed by atoms with Gasteiger partial charge in [-0.3, -0.25) is 4.79 Å². The highest BCUT2D eigenvalue weighted by molar-refractivity contribution is 5.77. The SMILES string of the molecule is Cc1ccc(C(NC(=O)CC2C=CCC2)c2ccccc2)cc1C. The maximum Gasteiger partial charge on any atom is 0.221 e. The fourth-order valence-electron chi connectivity index (χ4n) is 3.27. The van der Waals surface area contributed by atoms with Gasteiger partial charge in [-0.1, -0.05) is 60.7 Å². The van der Waals surface area contributed by atoms with Crippen LogP contribution in [-0.2, 0) is 4.79 Å². The van der Waals surface area contributed by atoms with Crippen LogP contribution >= 0.6 is 0 Å². The molecule has 1 N–H and O–H groups in total. The molecule has 0 aromatic heterocycles. The Labute approximate surface area is 144 Å². The van der Waals surface area contributed by atoms with Crippen molar-refractivity contribution in [3.8, 4) is 0 Å². The fraction of sp³-hybridized carbons (Fsp3) is 0.318. The van der Waals surface area contributed by atoms with Crippen LogP contribution in [0.1, 0.15) is 47.6 Å². The molecule has 0 fully saturated rings. The summed E-state index contributed by atoms with van der Waals surface area (Å²) in [7, 11) is 0. The van der Waals surface area contributed by atoms with E-state index in [2.05, 4.69) is 61.6 Å². The van der Waals surface area contributed by atoms with Gasteiger partial charge in [0.1, 0.15) is 0 Å². The number of benzene rings is 2. The Bertz CT molecular complexity index is 733. The van der Waals surface area contributed by atoms with E-state index < -0.39 is 0 Å². The fourth-order valence-corrected chi connectivity index (χ4v) is 3.27. The number of rotatable bonds is 5. The topological polar surface area (TPSA) is 29.1 Å². The number of aryl methyl sites for hydroxylation is 2. The van der Waals surface area contributed by atoms with Gasteiger partial charge < -0.3 is 5.32 Å². The summed E-state index contributed by atoms with van der Waals surface area (Å²) in [5.41, 5.74) is 4.78. The molecule has 1 amide bonds. The van der Waals surface area contributed by atoms with Crippen LogP contribution in [0.2, 0.25) is 0 Å². The van der Waals surface area contributed by atoms with Crippen molar-refractivity contribution in [3.05, 3.63) is 82.9 Å². The minimum absolute atomic E-state index is 0.0941. The van der Waals surface area contributed by atoms with Crippen molar-refractivity contribution in [2.45, 2.75) is 39.2 Å². The highest BCUT2D eigenvalue weighted by Gasteiger charge is 2.20. The van der Waals surface area contributed by atoms with Crippen LogP contribution in [0.3, 0.4) is 0 Å². The van der Waals surface area contributed by atoms with Crippen LogP contribution in [0.15, 0.2) is 60.7 Å². The lowest BCUT2D eigenvalue weighted by Gasteiger charge is -2.21. The number of hydrogen-bond donors (Lipinski definition) is 1. The Morgan fingerprint density at radius 1 is 1.08 bits per heavy atom. The van der Waals surface area contributed by atoms with Crippen LogP contribution in [-0.4, -0.2) is 5.91 Å². The third-order valence-electron chi connectivity index (χ3n) is 4.86. The van der Waals surface area contributed by atoms with Gasteiger partial charge in [-0.15, -0.1) is 0 Å². The molecule has 2 aromatic rings. The van der Waals surface area contributed by atoms with Crippen molar-refractivity contribution in [1.29, 1.82) is 0 Å². The molecular weight excluding hydrogens is 294 g/mol. The Balaban J connectivity index is 1.83. The average Bonchev–Trinajstić information content (AvgIpc) is 3.09. The normalized spacial score (nSPS) is 17.7. The van der Waals surface area contributed by atoms with Crippen LogP contribution in [0, 0.1) is 19.8 Å². The zero-order chi connectivity index (χ0) is 16.9. The van der Waals surface area contributed by atoms with Gasteiger partial charge in [-0.25, -0.2) is 0 Å². The van der Waals surface area contributed by atoms with Gasteiger partial charge >= 0.3 is 0 Å². The van der Waals surface area contributed by atoms with Crippen molar-refractivity contribution in [2.24, 2.45) is 5.92 Å². The molecule has 2 unspecified atom stereocenters. The summed E-state index contributed by atoms with van der Waals surface area (Å²) in [6.45, 7) is 4.23. The van der Waals surface area contributed by atoms with Gasteiger partial charge in [0.25, 0.3) is 0 Å². The minimum Gasteiger partial charge on any atom is -0.345 e. The van der Waals surface area contributed by atoms with Gasteiger partial charge in [-0.05, 0) is 54.9 Å². The molecule has 0 saturated carbocycles. The van der Waals surface area contributed by atoms with Crippen LogP contribution in [0.25, 0.3) is 0 Å². The molecule has 0 radical (unpaired) electrons. The van der Waals surface area contributed by atoms with Gasteiger partial charge in [0.15, 0.2) is 0 Å². The molecule has 3 rings (SSSR count). The lowest BCUT2D eigenvalue weighted by Crippen LogP contribution is -2.30. The smallest absolute Gasteiger partial charge is 0.221 e. The molecule has 2 atom stereocenters. The highest BCUT2D eigenvalue weighted by Crippen LogP contribution is 2.26. The van der Waals surface area contributed by atoms with Gasteiger partial charge in [0, 0.05) is 6.42 Å². The number of carbonyl (C=O) groups excluding carboxylic acids is 1. The summed E-state index contributed by atoms with van der Waals surface area (Å²) < 4.78 is 0. The molecule has 124 valence electrons. The van der Waals surface area contributed by atoms with Crippen LogP contribution in [0.4, 0.5) is 0 Å². The molecule has 24 heavy (non-hydrogen) atoms. The molecule has 0 spiro atoms. The Kier molecular flexibility index (Phi) is 5.14. The van der Waals surface area contributed by atoms with Crippen molar-refractivity contribution in [3.63, 3.8) is 0 Å². The third kappa shape index (κ3) is 3.94. The standard InChI is InChI=1S/C22H25NO/c1-16-12-13-20(14-17(16)2)22(19-10-4-3-5-11-19)23-21(24)15-18-8-6-7-9-18/h3-6,8,10-14,18,22H,7,9,15H2,1-2H3,(H,23,24). The Hall–Kier alpha value is -2.35. The number of nitrogens with one attached hydrogen (secondary N) is 1.